The normalized spacial score (nSPS) is 17.7. The fourth-order valence-corrected chi connectivity index (χ4v) is 2.78. The highest BCUT2D eigenvalue weighted by molar-refractivity contribution is 5.94. The first-order valence-electron chi connectivity index (χ1n) is 7.07. The molecule has 2 heterocycles. The van der Waals surface area contributed by atoms with E-state index in [9.17, 15) is 9.90 Å². The van der Waals surface area contributed by atoms with Gasteiger partial charge < -0.3 is 14.6 Å². The van der Waals surface area contributed by atoms with Crippen molar-refractivity contribution in [3.8, 4) is 0 Å². The van der Waals surface area contributed by atoms with Gasteiger partial charge in [-0.3, -0.25) is 4.79 Å². The summed E-state index contributed by atoms with van der Waals surface area (Å²) in [6, 6.07) is 7.33. The van der Waals surface area contributed by atoms with Crippen LogP contribution in [0.25, 0.3) is 0 Å². The van der Waals surface area contributed by atoms with E-state index in [2.05, 4.69) is 4.98 Å². The molecule has 5 heteroatoms. The van der Waals surface area contributed by atoms with E-state index in [-0.39, 0.29) is 18.6 Å². The summed E-state index contributed by atoms with van der Waals surface area (Å²) in [6.45, 7) is 2.40. The molecular formula is C16H19N3O2. The molecule has 0 spiro atoms. The molecule has 1 N–H and O–H groups in total. The Kier molecular flexibility index (Phi) is 3.51. The van der Waals surface area contributed by atoms with Gasteiger partial charge >= 0.3 is 0 Å². The van der Waals surface area contributed by atoms with Gasteiger partial charge in [-0.05, 0) is 19.1 Å². The molecule has 0 bridgehead atoms. The van der Waals surface area contributed by atoms with E-state index < -0.39 is 0 Å². The molecule has 1 aliphatic rings. The summed E-state index contributed by atoms with van der Waals surface area (Å²) in [5.41, 5.74) is 3.79. The topological polar surface area (TPSA) is 58.4 Å². The number of carbonyl (C=O) groups is 1. The zero-order chi connectivity index (χ0) is 15.0. The lowest BCUT2D eigenvalue weighted by Crippen LogP contribution is -2.46. The molecule has 0 fully saturated rings. The standard InChI is InChI=1S/C16H19N3O2/c1-11-3-5-12(6-4-11)16(21)19-8-14-15(7-13(19)9-20)18(2)10-17-14/h3-6,10,13,20H,7-9H2,1-2H3. The highest BCUT2D eigenvalue weighted by Crippen LogP contribution is 2.23. The van der Waals surface area contributed by atoms with E-state index in [0.29, 0.717) is 18.5 Å². The molecule has 110 valence electrons. The predicted molar refractivity (Wildman–Crippen MR) is 78.8 cm³/mol. The third-order valence-electron chi connectivity index (χ3n) is 4.11. The molecule has 1 aliphatic heterocycles. The van der Waals surface area contributed by atoms with Crippen LogP contribution in [0.1, 0.15) is 27.3 Å². The second kappa shape index (κ2) is 5.33. The molecular weight excluding hydrogens is 266 g/mol. The average molecular weight is 285 g/mol. The molecule has 1 unspecified atom stereocenters. The summed E-state index contributed by atoms with van der Waals surface area (Å²) in [5.74, 6) is -0.0506. The van der Waals surface area contributed by atoms with Gasteiger partial charge in [0, 0.05) is 24.7 Å². The average Bonchev–Trinajstić information content (AvgIpc) is 2.86. The van der Waals surface area contributed by atoms with E-state index >= 15 is 0 Å². The van der Waals surface area contributed by atoms with Gasteiger partial charge in [-0.15, -0.1) is 0 Å². The Labute approximate surface area is 123 Å². The minimum Gasteiger partial charge on any atom is -0.394 e. The first-order valence-corrected chi connectivity index (χ1v) is 7.07. The summed E-state index contributed by atoms with van der Waals surface area (Å²) in [6.07, 6.45) is 2.40. The maximum Gasteiger partial charge on any atom is 0.254 e. The van der Waals surface area contributed by atoms with Crippen LogP contribution in [0.15, 0.2) is 30.6 Å². The quantitative estimate of drug-likeness (QED) is 0.904. The molecule has 1 aromatic carbocycles. The Balaban J connectivity index is 1.90. The molecule has 1 aromatic heterocycles. The highest BCUT2D eigenvalue weighted by atomic mass is 16.3. The van der Waals surface area contributed by atoms with E-state index in [1.165, 1.54) is 0 Å². The number of benzene rings is 1. The summed E-state index contributed by atoms with van der Waals surface area (Å²) in [5, 5.41) is 9.63. The van der Waals surface area contributed by atoms with Gasteiger partial charge in [0.15, 0.2) is 0 Å². The number of fused-ring (bicyclic) bond motifs is 1. The molecule has 0 radical (unpaired) electrons. The number of aromatic nitrogens is 2. The Morgan fingerprint density at radius 3 is 2.76 bits per heavy atom. The predicted octanol–water partition coefficient (Wildman–Crippen LogP) is 1.29. The third-order valence-corrected chi connectivity index (χ3v) is 4.11. The molecule has 1 amide bonds. The number of rotatable bonds is 2. The van der Waals surface area contributed by atoms with Crippen molar-refractivity contribution >= 4 is 5.91 Å². The summed E-state index contributed by atoms with van der Waals surface area (Å²) in [4.78, 5) is 18.8. The van der Waals surface area contributed by atoms with Gasteiger partial charge in [0.2, 0.25) is 0 Å². The second-order valence-electron chi connectivity index (χ2n) is 5.59. The Morgan fingerprint density at radius 2 is 2.10 bits per heavy atom. The van der Waals surface area contributed by atoms with Crippen LogP contribution in [0.5, 0.6) is 0 Å². The van der Waals surface area contributed by atoms with E-state index in [4.69, 9.17) is 0 Å². The Hall–Kier alpha value is -2.14. The number of nitrogens with zero attached hydrogens (tertiary/aromatic N) is 3. The van der Waals surface area contributed by atoms with Crippen LogP contribution < -0.4 is 0 Å². The molecule has 0 saturated heterocycles. The minimum atomic E-state index is -0.193. The second-order valence-corrected chi connectivity index (χ2v) is 5.59. The largest absolute Gasteiger partial charge is 0.394 e. The number of aliphatic hydroxyl groups excluding tert-OH is 1. The number of amides is 1. The summed E-state index contributed by atoms with van der Waals surface area (Å²) >= 11 is 0. The van der Waals surface area contributed by atoms with Crippen LogP contribution >= 0.6 is 0 Å². The first-order chi connectivity index (χ1) is 10.1. The van der Waals surface area contributed by atoms with E-state index in [0.717, 1.165) is 17.0 Å². The minimum absolute atomic E-state index is 0.0395. The van der Waals surface area contributed by atoms with Gasteiger partial charge in [-0.2, -0.15) is 0 Å². The van der Waals surface area contributed by atoms with Crippen LogP contribution in [0, 0.1) is 6.92 Å². The number of carbonyl (C=O) groups excluding carboxylic acids is 1. The lowest BCUT2D eigenvalue weighted by molar-refractivity contribution is 0.0536. The fraction of sp³-hybridized carbons (Fsp3) is 0.375. The SMILES string of the molecule is Cc1ccc(C(=O)N2Cc3ncn(C)c3CC2CO)cc1. The highest BCUT2D eigenvalue weighted by Gasteiger charge is 2.32. The lowest BCUT2D eigenvalue weighted by atomic mass is 10.0. The first kappa shape index (κ1) is 13.8. The Morgan fingerprint density at radius 1 is 1.38 bits per heavy atom. The van der Waals surface area contributed by atoms with Crippen LogP contribution in [0.2, 0.25) is 0 Å². The van der Waals surface area contributed by atoms with Crippen molar-refractivity contribution in [3.05, 3.63) is 53.1 Å². The van der Waals surface area contributed by atoms with Gasteiger partial charge in [0.1, 0.15) is 0 Å². The third kappa shape index (κ3) is 2.45. The van der Waals surface area contributed by atoms with Crippen molar-refractivity contribution < 1.29 is 9.90 Å². The number of hydrogen-bond acceptors (Lipinski definition) is 3. The number of aliphatic hydroxyl groups is 1. The maximum absolute atomic E-state index is 12.7. The zero-order valence-electron chi connectivity index (χ0n) is 12.3. The summed E-state index contributed by atoms with van der Waals surface area (Å²) < 4.78 is 1.96. The zero-order valence-corrected chi connectivity index (χ0v) is 12.3. The molecule has 5 nitrogen and oxygen atoms in total. The lowest BCUT2D eigenvalue weighted by Gasteiger charge is -2.34. The van der Waals surface area contributed by atoms with Crippen molar-refractivity contribution in [1.82, 2.24) is 14.5 Å². The fourth-order valence-electron chi connectivity index (χ4n) is 2.78. The van der Waals surface area contributed by atoms with Gasteiger partial charge in [-0.1, -0.05) is 17.7 Å². The van der Waals surface area contributed by atoms with E-state index in [1.54, 1.807) is 11.2 Å². The van der Waals surface area contributed by atoms with Gasteiger partial charge in [0.05, 0.1) is 31.2 Å². The maximum atomic E-state index is 12.7. The van der Waals surface area contributed by atoms with Gasteiger partial charge in [0.25, 0.3) is 5.91 Å². The van der Waals surface area contributed by atoms with Gasteiger partial charge in [-0.25, -0.2) is 4.98 Å². The van der Waals surface area contributed by atoms with Crippen LogP contribution in [0.3, 0.4) is 0 Å². The molecule has 1 atom stereocenters. The molecule has 2 aromatic rings. The number of imidazole rings is 1. The van der Waals surface area contributed by atoms with Crippen molar-refractivity contribution in [2.24, 2.45) is 7.05 Å². The molecule has 3 rings (SSSR count). The van der Waals surface area contributed by atoms with Crippen molar-refractivity contribution in [2.45, 2.75) is 25.9 Å². The molecule has 21 heavy (non-hydrogen) atoms. The Bertz CT molecular complexity index is 661. The van der Waals surface area contributed by atoms with Crippen LogP contribution in [0.4, 0.5) is 0 Å². The van der Waals surface area contributed by atoms with Crippen LogP contribution in [-0.4, -0.2) is 38.1 Å². The number of hydrogen-bond donors (Lipinski definition) is 1. The molecule has 0 aliphatic carbocycles. The summed E-state index contributed by atoms with van der Waals surface area (Å²) in [7, 11) is 1.94. The van der Waals surface area contributed by atoms with Crippen molar-refractivity contribution in [2.75, 3.05) is 6.61 Å². The van der Waals surface area contributed by atoms with Crippen molar-refractivity contribution in [3.63, 3.8) is 0 Å². The molecule has 0 saturated carbocycles. The number of aryl methyl sites for hydroxylation is 2. The van der Waals surface area contributed by atoms with Crippen molar-refractivity contribution in [1.29, 1.82) is 0 Å². The smallest absolute Gasteiger partial charge is 0.254 e. The van der Waals surface area contributed by atoms with E-state index in [1.807, 2.05) is 42.8 Å². The monoisotopic (exact) mass is 285 g/mol. The van der Waals surface area contributed by atoms with Crippen LogP contribution in [-0.2, 0) is 20.0 Å².